The van der Waals surface area contributed by atoms with Crippen molar-refractivity contribution in [3.05, 3.63) is 23.8 Å². The van der Waals surface area contributed by atoms with Crippen molar-refractivity contribution in [2.45, 2.75) is 19.8 Å². The van der Waals surface area contributed by atoms with E-state index in [0.29, 0.717) is 5.92 Å². The van der Waals surface area contributed by atoms with E-state index in [4.69, 9.17) is 4.74 Å². The van der Waals surface area contributed by atoms with Gasteiger partial charge in [0.05, 0.1) is 13.0 Å². The SMILES string of the molecule is COc1ccc(NC(=O)C2CNC2)cc1C(C)C. The summed E-state index contributed by atoms with van der Waals surface area (Å²) in [6.45, 7) is 5.77. The molecule has 1 heterocycles. The number of carbonyl (C=O) groups is 1. The van der Waals surface area contributed by atoms with Crippen molar-refractivity contribution < 1.29 is 9.53 Å². The minimum absolute atomic E-state index is 0.0913. The van der Waals surface area contributed by atoms with Gasteiger partial charge >= 0.3 is 0 Å². The molecule has 0 unspecified atom stereocenters. The lowest BCUT2D eigenvalue weighted by molar-refractivity contribution is -0.121. The van der Waals surface area contributed by atoms with Crippen LogP contribution in [0.25, 0.3) is 0 Å². The third-order valence-electron chi connectivity index (χ3n) is 3.27. The third kappa shape index (κ3) is 2.64. The van der Waals surface area contributed by atoms with Crippen LogP contribution in [-0.2, 0) is 4.79 Å². The zero-order chi connectivity index (χ0) is 13.1. The standard InChI is InChI=1S/C14H20N2O2/c1-9(2)12-6-11(4-5-13(12)18-3)16-14(17)10-7-15-8-10/h4-6,9-10,15H,7-8H2,1-3H3,(H,16,17). The first-order valence-electron chi connectivity index (χ1n) is 6.31. The summed E-state index contributed by atoms with van der Waals surface area (Å²) < 4.78 is 5.32. The summed E-state index contributed by atoms with van der Waals surface area (Å²) in [4.78, 5) is 11.8. The maximum Gasteiger partial charge on any atom is 0.230 e. The van der Waals surface area contributed by atoms with Gasteiger partial charge in [-0.05, 0) is 29.7 Å². The predicted molar refractivity (Wildman–Crippen MR) is 72.1 cm³/mol. The van der Waals surface area contributed by atoms with E-state index in [1.807, 2.05) is 18.2 Å². The fourth-order valence-electron chi connectivity index (χ4n) is 1.98. The lowest BCUT2D eigenvalue weighted by Gasteiger charge is -2.26. The molecule has 0 atom stereocenters. The van der Waals surface area contributed by atoms with Gasteiger partial charge in [-0.2, -0.15) is 0 Å². The number of amides is 1. The Hall–Kier alpha value is -1.55. The summed E-state index contributed by atoms with van der Waals surface area (Å²) in [5.74, 6) is 1.43. The lowest BCUT2D eigenvalue weighted by atomic mass is 10.00. The van der Waals surface area contributed by atoms with Gasteiger partial charge in [0.2, 0.25) is 5.91 Å². The number of anilines is 1. The van der Waals surface area contributed by atoms with E-state index in [0.717, 1.165) is 30.1 Å². The molecule has 0 bridgehead atoms. The van der Waals surface area contributed by atoms with Crippen LogP contribution in [0, 0.1) is 5.92 Å². The Labute approximate surface area is 108 Å². The zero-order valence-corrected chi connectivity index (χ0v) is 11.1. The predicted octanol–water partition coefficient (Wildman–Crippen LogP) is 1.98. The van der Waals surface area contributed by atoms with Crippen LogP contribution in [0.1, 0.15) is 25.3 Å². The number of hydrogen-bond acceptors (Lipinski definition) is 3. The van der Waals surface area contributed by atoms with Gasteiger partial charge in [0.15, 0.2) is 0 Å². The lowest BCUT2D eigenvalue weighted by Crippen LogP contribution is -2.48. The Morgan fingerprint density at radius 2 is 2.17 bits per heavy atom. The number of rotatable bonds is 4. The molecule has 1 fully saturated rings. The minimum Gasteiger partial charge on any atom is -0.496 e. The van der Waals surface area contributed by atoms with E-state index in [1.165, 1.54) is 0 Å². The molecule has 1 saturated heterocycles. The molecule has 1 aliphatic rings. The van der Waals surface area contributed by atoms with Crippen molar-refractivity contribution in [3.63, 3.8) is 0 Å². The number of methoxy groups -OCH3 is 1. The minimum atomic E-state index is 0.0913. The van der Waals surface area contributed by atoms with E-state index < -0.39 is 0 Å². The zero-order valence-electron chi connectivity index (χ0n) is 11.1. The molecule has 1 aromatic carbocycles. The highest BCUT2D eigenvalue weighted by molar-refractivity contribution is 5.93. The first-order valence-corrected chi connectivity index (χ1v) is 6.31. The average molecular weight is 248 g/mol. The highest BCUT2D eigenvalue weighted by Crippen LogP contribution is 2.29. The monoisotopic (exact) mass is 248 g/mol. The van der Waals surface area contributed by atoms with Gasteiger partial charge in [-0.25, -0.2) is 0 Å². The van der Waals surface area contributed by atoms with E-state index in [2.05, 4.69) is 24.5 Å². The van der Waals surface area contributed by atoms with Crippen molar-refractivity contribution in [2.75, 3.05) is 25.5 Å². The number of ether oxygens (including phenoxy) is 1. The quantitative estimate of drug-likeness (QED) is 0.856. The topological polar surface area (TPSA) is 50.4 Å². The molecule has 0 radical (unpaired) electrons. The van der Waals surface area contributed by atoms with Gasteiger partial charge in [0, 0.05) is 18.8 Å². The molecule has 2 rings (SSSR count). The summed E-state index contributed by atoms with van der Waals surface area (Å²) >= 11 is 0. The molecule has 1 aromatic rings. The molecule has 2 N–H and O–H groups in total. The molecule has 18 heavy (non-hydrogen) atoms. The third-order valence-corrected chi connectivity index (χ3v) is 3.27. The molecular formula is C14H20N2O2. The van der Waals surface area contributed by atoms with Gasteiger partial charge in [-0.15, -0.1) is 0 Å². The molecule has 4 heteroatoms. The van der Waals surface area contributed by atoms with E-state index in [-0.39, 0.29) is 11.8 Å². The smallest absolute Gasteiger partial charge is 0.230 e. The van der Waals surface area contributed by atoms with E-state index in [9.17, 15) is 4.79 Å². The summed E-state index contributed by atoms with van der Waals surface area (Å²) in [5.41, 5.74) is 1.96. The van der Waals surface area contributed by atoms with Crippen LogP contribution in [0.3, 0.4) is 0 Å². The Kier molecular flexibility index (Phi) is 3.87. The van der Waals surface area contributed by atoms with Crippen molar-refractivity contribution in [1.82, 2.24) is 5.32 Å². The number of nitrogens with one attached hydrogen (secondary N) is 2. The second-order valence-corrected chi connectivity index (χ2v) is 4.96. The summed E-state index contributed by atoms with van der Waals surface area (Å²) in [5, 5.41) is 6.05. The summed E-state index contributed by atoms with van der Waals surface area (Å²) in [6, 6.07) is 5.78. The van der Waals surface area contributed by atoms with Crippen molar-refractivity contribution in [1.29, 1.82) is 0 Å². The fraction of sp³-hybridized carbons (Fsp3) is 0.500. The van der Waals surface area contributed by atoms with E-state index in [1.54, 1.807) is 7.11 Å². The molecule has 1 amide bonds. The second kappa shape index (κ2) is 5.40. The summed E-state index contributed by atoms with van der Waals surface area (Å²) in [7, 11) is 1.67. The van der Waals surface area contributed by atoms with Crippen LogP contribution < -0.4 is 15.4 Å². The normalized spacial score (nSPS) is 15.3. The van der Waals surface area contributed by atoms with Crippen LogP contribution in [-0.4, -0.2) is 26.1 Å². The largest absolute Gasteiger partial charge is 0.496 e. The van der Waals surface area contributed by atoms with Gasteiger partial charge < -0.3 is 15.4 Å². The van der Waals surface area contributed by atoms with Gasteiger partial charge in [0.25, 0.3) is 0 Å². The van der Waals surface area contributed by atoms with Gasteiger partial charge in [0.1, 0.15) is 5.75 Å². The molecular weight excluding hydrogens is 228 g/mol. The maximum absolute atomic E-state index is 11.8. The first kappa shape index (κ1) is 12.9. The molecule has 4 nitrogen and oxygen atoms in total. The molecule has 0 spiro atoms. The number of carbonyl (C=O) groups excluding carboxylic acids is 1. The van der Waals surface area contributed by atoms with Crippen molar-refractivity contribution in [3.8, 4) is 5.75 Å². The summed E-state index contributed by atoms with van der Waals surface area (Å²) in [6.07, 6.45) is 0. The van der Waals surface area contributed by atoms with Crippen LogP contribution >= 0.6 is 0 Å². The van der Waals surface area contributed by atoms with Crippen molar-refractivity contribution in [2.24, 2.45) is 5.92 Å². The second-order valence-electron chi connectivity index (χ2n) is 4.96. The van der Waals surface area contributed by atoms with Gasteiger partial charge in [-0.1, -0.05) is 13.8 Å². The van der Waals surface area contributed by atoms with Crippen LogP contribution in [0.4, 0.5) is 5.69 Å². The average Bonchev–Trinajstić information content (AvgIpc) is 2.26. The highest BCUT2D eigenvalue weighted by atomic mass is 16.5. The van der Waals surface area contributed by atoms with Crippen LogP contribution in [0.5, 0.6) is 5.75 Å². The molecule has 1 aliphatic heterocycles. The molecule has 0 aliphatic carbocycles. The highest BCUT2D eigenvalue weighted by Gasteiger charge is 2.24. The van der Waals surface area contributed by atoms with Gasteiger partial charge in [-0.3, -0.25) is 4.79 Å². The van der Waals surface area contributed by atoms with Crippen molar-refractivity contribution >= 4 is 11.6 Å². The number of hydrogen-bond donors (Lipinski definition) is 2. The van der Waals surface area contributed by atoms with Crippen LogP contribution in [0.15, 0.2) is 18.2 Å². The van der Waals surface area contributed by atoms with Crippen LogP contribution in [0.2, 0.25) is 0 Å². The Morgan fingerprint density at radius 3 is 2.67 bits per heavy atom. The molecule has 0 aromatic heterocycles. The Bertz CT molecular complexity index is 439. The fourth-order valence-corrected chi connectivity index (χ4v) is 1.98. The molecule has 98 valence electrons. The number of benzene rings is 1. The Morgan fingerprint density at radius 1 is 1.44 bits per heavy atom. The maximum atomic E-state index is 11.8. The Balaban J connectivity index is 2.13. The molecule has 0 saturated carbocycles. The van der Waals surface area contributed by atoms with E-state index >= 15 is 0 Å². The first-order chi connectivity index (χ1) is 8.61.